The van der Waals surface area contributed by atoms with Gasteiger partial charge in [0.25, 0.3) is 0 Å². The molecule has 0 spiro atoms. The molecule has 1 aliphatic heterocycles. The minimum atomic E-state index is 0.471. The molecule has 1 aromatic rings. The fraction of sp³-hybridized carbons (Fsp3) is 0.588. The van der Waals surface area contributed by atoms with Gasteiger partial charge in [0.05, 0.1) is 0 Å². The topological polar surface area (TPSA) is 41.6 Å². The molecule has 0 aromatic heterocycles. The molecule has 1 heterocycles. The number of hydrogen-bond acceptors (Lipinski definition) is 1. The Labute approximate surface area is 122 Å². The van der Waals surface area contributed by atoms with Crippen molar-refractivity contribution in [3.05, 3.63) is 35.9 Å². The van der Waals surface area contributed by atoms with Crippen LogP contribution in [0.2, 0.25) is 0 Å². The smallest absolute Gasteiger partial charge is 0.191 e. The van der Waals surface area contributed by atoms with Gasteiger partial charge in [-0.3, -0.25) is 4.99 Å². The molecule has 110 valence electrons. The number of aliphatic imine (C=N–C) groups is 1. The summed E-state index contributed by atoms with van der Waals surface area (Å²) in [5, 5.41) is 0. The molecule has 0 aliphatic carbocycles. The van der Waals surface area contributed by atoms with Crippen LogP contribution in [0.15, 0.2) is 35.3 Å². The molecule has 3 nitrogen and oxygen atoms in total. The molecule has 2 N–H and O–H groups in total. The fourth-order valence-electron chi connectivity index (χ4n) is 2.74. The van der Waals surface area contributed by atoms with Gasteiger partial charge >= 0.3 is 0 Å². The maximum atomic E-state index is 6.15. The summed E-state index contributed by atoms with van der Waals surface area (Å²) >= 11 is 0. The molecule has 1 aromatic carbocycles. The molecule has 20 heavy (non-hydrogen) atoms. The summed E-state index contributed by atoms with van der Waals surface area (Å²) in [4.78, 5) is 6.87. The third-order valence-corrected chi connectivity index (χ3v) is 4.35. The normalized spacial score (nSPS) is 19.1. The van der Waals surface area contributed by atoms with Crippen molar-refractivity contribution in [3.63, 3.8) is 0 Å². The number of nitrogens with two attached hydrogens (primary N) is 1. The summed E-state index contributed by atoms with van der Waals surface area (Å²) in [6, 6.07) is 10.6. The highest BCUT2D eigenvalue weighted by Crippen LogP contribution is 2.20. The van der Waals surface area contributed by atoms with Crippen LogP contribution in [0.3, 0.4) is 0 Å². The Bertz CT molecular complexity index is 419. The predicted octanol–water partition coefficient (Wildman–Crippen LogP) is 3.23. The van der Waals surface area contributed by atoms with Gasteiger partial charge in [0.1, 0.15) is 0 Å². The van der Waals surface area contributed by atoms with Gasteiger partial charge in [-0.2, -0.15) is 0 Å². The highest BCUT2D eigenvalue weighted by Gasteiger charge is 2.17. The highest BCUT2D eigenvalue weighted by atomic mass is 15.3. The van der Waals surface area contributed by atoms with Crippen LogP contribution in [0.1, 0.15) is 44.6 Å². The Morgan fingerprint density at radius 3 is 2.55 bits per heavy atom. The van der Waals surface area contributed by atoms with Crippen molar-refractivity contribution in [2.45, 2.75) is 39.0 Å². The lowest BCUT2D eigenvalue weighted by Gasteiger charge is -2.31. The molecule has 0 radical (unpaired) electrons. The minimum Gasteiger partial charge on any atom is -0.370 e. The number of guanidine groups is 1. The van der Waals surface area contributed by atoms with Crippen molar-refractivity contribution in [3.8, 4) is 0 Å². The molecule has 0 amide bonds. The van der Waals surface area contributed by atoms with Crippen LogP contribution in [0.4, 0.5) is 0 Å². The van der Waals surface area contributed by atoms with Crippen LogP contribution in [-0.4, -0.2) is 30.5 Å². The van der Waals surface area contributed by atoms with Crippen molar-refractivity contribution in [1.29, 1.82) is 0 Å². The van der Waals surface area contributed by atoms with Crippen LogP contribution in [0.5, 0.6) is 0 Å². The maximum absolute atomic E-state index is 6.15. The van der Waals surface area contributed by atoms with Crippen LogP contribution in [-0.2, 0) is 0 Å². The molecule has 1 fully saturated rings. The van der Waals surface area contributed by atoms with Gasteiger partial charge in [0.2, 0.25) is 0 Å². The quantitative estimate of drug-likeness (QED) is 0.676. The summed E-state index contributed by atoms with van der Waals surface area (Å²) in [6.45, 7) is 7.43. The number of rotatable bonds is 4. The molecule has 1 saturated heterocycles. The van der Waals surface area contributed by atoms with Gasteiger partial charge < -0.3 is 10.6 Å². The number of hydrogen-bond donors (Lipinski definition) is 1. The monoisotopic (exact) mass is 273 g/mol. The van der Waals surface area contributed by atoms with E-state index >= 15 is 0 Å². The van der Waals surface area contributed by atoms with Crippen molar-refractivity contribution in [2.24, 2.45) is 16.6 Å². The second-order valence-corrected chi connectivity index (χ2v) is 5.88. The van der Waals surface area contributed by atoms with Crippen molar-refractivity contribution >= 4 is 5.96 Å². The van der Waals surface area contributed by atoms with Crippen molar-refractivity contribution in [2.75, 3.05) is 19.6 Å². The van der Waals surface area contributed by atoms with Crippen LogP contribution >= 0.6 is 0 Å². The first-order valence-electron chi connectivity index (χ1n) is 7.80. The lowest BCUT2D eigenvalue weighted by atomic mass is 9.97. The molecular weight excluding hydrogens is 246 g/mol. The Balaban J connectivity index is 1.93. The molecule has 0 saturated carbocycles. The Morgan fingerprint density at radius 2 is 1.95 bits per heavy atom. The number of piperidine rings is 1. The van der Waals surface area contributed by atoms with E-state index < -0.39 is 0 Å². The van der Waals surface area contributed by atoms with Crippen LogP contribution < -0.4 is 5.73 Å². The standard InChI is InChI=1S/C17H27N3/c1-3-15(16-7-5-4-6-8-16)13-19-17(18)20-11-9-14(2)10-12-20/h4-8,14-15H,3,9-13H2,1-2H3,(H2,18,19). The van der Waals surface area contributed by atoms with Gasteiger partial charge in [0, 0.05) is 25.6 Å². The van der Waals surface area contributed by atoms with E-state index in [1.54, 1.807) is 0 Å². The highest BCUT2D eigenvalue weighted by molar-refractivity contribution is 5.78. The first-order valence-corrected chi connectivity index (χ1v) is 7.80. The molecular formula is C17H27N3. The average molecular weight is 273 g/mol. The molecule has 3 heteroatoms. The van der Waals surface area contributed by atoms with Crippen LogP contribution in [0, 0.1) is 5.92 Å². The average Bonchev–Trinajstić information content (AvgIpc) is 2.49. The fourth-order valence-corrected chi connectivity index (χ4v) is 2.74. The van der Waals surface area contributed by atoms with E-state index in [4.69, 9.17) is 5.73 Å². The zero-order chi connectivity index (χ0) is 14.4. The summed E-state index contributed by atoms with van der Waals surface area (Å²) in [5.74, 6) is 2.02. The number of nitrogens with zero attached hydrogens (tertiary/aromatic N) is 2. The van der Waals surface area contributed by atoms with Crippen molar-refractivity contribution < 1.29 is 0 Å². The predicted molar refractivity (Wildman–Crippen MR) is 85.9 cm³/mol. The van der Waals surface area contributed by atoms with E-state index in [1.165, 1.54) is 18.4 Å². The third-order valence-electron chi connectivity index (χ3n) is 4.35. The summed E-state index contributed by atoms with van der Waals surface area (Å²) < 4.78 is 0. The summed E-state index contributed by atoms with van der Waals surface area (Å²) in [6.07, 6.45) is 3.55. The maximum Gasteiger partial charge on any atom is 0.191 e. The zero-order valence-electron chi connectivity index (χ0n) is 12.8. The van der Waals surface area contributed by atoms with Gasteiger partial charge in [-0.25, -0.2) is 0 Å². The Kier molecular flexibility index (Phi) is 5.45. The summed E-state index contributed by atoms with van der Waals surface area (Å²) in [5.41, 5.74) is 7.51. The number of benzene rings is 1. The number of likely N-dealkylation sites (tertiary alicyclic amines) is 1. The van der Waals surface area contributed by atoms with E-state index in [-0.39, 0.29) is 0 Å². The molecule has 1 atom stereocenters. The van der Waals surface area contributed by atoms with Crippen LogP contribution in [0.25, 0.3) is 0 Å². The van der Waals surface area contributed by atoms with E-state index in [2.05, 4.69) is 54.1 Å². The lowest BCUT2D eigenvalue weighted by Crippen LogP contribution is -2.42. The first-order chi connectivity index (χ1) is 9.70. The molecule has 2 rings (SSSR count). The largest absolute Gasteiger partial charge is 0.370 e. The van der Waals surface area contributed by atoms with Gasteiger partial charge in [0.15, 0.2) is 5.96 Å². The second-order valence-electron chi connectivity index (χ2n) is 5.88. The van der Waals surface area contributed by atoms with Gasteiger partial charge in [-0.05, 0) is 30.7 Å². The van der Waals surface area contributed by atoms with E-state index in [0.29, 0.717) is 5.92 Å². The molecule has 1 unspecified atom stereocenters. The van der Waals surface area contributed by atoms with E-state index in [9.17, 15) is 0 Å². The van der Waals surface area contributed by atoms with E-state index in [0.717, 1.165) is 37.9 Å². The van der Waals surface area contributed by atoms with Gasteiger partial charge in [-0.1, -0.05) is 44.2 Å². The molecule has 1 aliphatic rings. The molecule has 0 bridgehead atoms. The van der Waals surface area contributed by atoms with Gasteiger partial charge in [-0.15, -0.1) is 0 Å². The van der Waals surface area contributed by atoms with E-state index in [1.807, 2.05) is 0 Å². The Morgan fingerprint density at radius 1 is 1.30 bits per heavy atom. The summed E-state index contributed by atoms with van der Waals surface area (Å²) in [7, 11) is 0. The SMILES string of the molecule is CCC(CN=C(N)N1CCC(C)CC1)c1ccccc1. The zero-order valence-corrected chi connectivity index (χ0v) is 12.8. The van der Waals surface area contributed by atoms with Crippen molar-refractivity contribution in [1.82, 2.24) is 4.90 Å². The second kappa shape index (κ2) is 7.32. The Hall–Kier alpha value is -1.51. The minimum absolute atomic E-state index is 0.471. The lowest BCUT2D eigenvalue weighted by molar-refractivity contribution is 0.277. The first kappa shape index (κ1) is 14.9. The third kappa shape index (κ3) is 3.99.